The molecule has 3 aromatic rings. The minimum Gasteiger partial charge on any atom is -0.460 e. The molecule has 1 heterocycles. The van der Waals surface area contributed by atoms with Gasteiger partial charge >= 0.3 is 5.97 Å². The summed E-state index contributed by atoms with van der Waals surface area (Å²) in [4.78, 5) is 17.7. The van der Waals surface area contributed by atoms with E-state index >= 15 is 0 Å². The number of esters is 1. The second-order valence-corrected chi connectivity index (χ2v) is 16.4. The van der Waals surface area contributed by atoms with Crippen molar-refractivity contribution in [3.63, 3.8) is 0 Å². The summed E-state index contributed by atoms with van der Waals surface area (Å²) in [6.07, 6.45) is 0.862. The first kappa shape index (κ1) is 34.8. The average molecular weight is 708 g/mol. The lowest BCUT2D eigenvalue weighted by molar-refractivity contribution is -0.143. The summed E-state index contributed by atoms with van der Waals surface area (Å²) in [6.45, 7) is 3.72. The molecule has 0 amide bonds. The Hall–Kier alpha value is -2.72. The van der Waals surface area contributed by atoms with E-state index in [1.807, 2.05) is 74.5 Å². The van der Waals surface area contributed by atoms with Gasteiger partial charge in [-0.3, -0.25) is 4.79 Å². The lowest BCUT2D eigenvalue weighted by Crippen LogP contribution is -2.35. The first-order valence-electron chi connectivity index (χ1n) is 14.0. The fourth-order valence-electron chi connectivity index (χ4n) is 4.27. The average Bonchev–Trinajstić information content (AvgIpc) is 2.98. The van der Waals surface area contributed by atoms with Crippen LogP contribution in [0.25, 0.3) is 22.4 Å². The predicted molar refractivity (Wildman–Crippen MR) is 175 cm³/mol. The van der Waals surface area contributed by atoms with Crippen LogP contribution in [0, 0.1) is 11.3 Å². The van der Waals surface area contributed by atoms with Crippen molar-refractivity contribution in [2.45, 2.75) is 50.7 Å². The fraction of sp³-hybridized carbons (Fsp3) is 0.387. The second kappa shape index (κ2) is 16.4. The maximum absolute atomic E-state index is 13.0. The zero-order valence-electron chi connectivity index (χ0n) is 24.2. The number of unbranched alkanes of at least 4 members (excludes halogenated alkanes) is 2. The van der Waals surface area contributed by atoms with Gasteiger partial charge in [-0.2, -0.15) is 5.26 Å². The van der Waals surface area contributed by atoms with Gasteiger partial charge in [0, 0.05) is 15.6 Å². The number of halogens is 1. The highest BCUT2D eigenvalue weighted by Crippen LogP contribution is 2.34. The Kier molecular flexibility index (Phi) is 13.2. The van der Waals surface area contributed by atoms with E-state index in [0.717, 1.165) is 27.4 Å². The van der Waals surface area contributed by atoms with E-state index in [1.54, 1.807) is 0 Å². The smallest absolute Gasteiger partial charge is 0.316 e. The van der Waals surface area contributed by atoms with Gasteiger partial charge in [-0.25, -0.2) is 21.8 Å². The summed E-state index contributed by atoms with van der Waals surface area (Å²) < 4.78 is 57.1. The van der Waals surface area contributed by atoms with E-state index in [1.165, 1.54) is 0 Å². The Morgan fingerprint density at radius 1 is 0.930 bits per heavy atom. The molecule has 2 aromatic carbocycles. The topological polar surface area (TPSA) is 131 Å². The molecule has 0 fully saturated rings. The van der Waals surface area contributed by atoms with Gasteiger partial charge in [0.25, 0.3) is 0 Å². The number of ether oxygens (including phenoxy) is 1. The van der Waals surface area contributed by atoms with Gasteiger partial charge in [-0.15, -0.1) is 0 Å². The van der Waals surface area contributed by atoms with Crippen molar-refractivity contribution in [2.24, 2.45) is 0 Å². The number of nitrogens with zero attached hydrogens (tertiary/aromatic N) is 2. The molecule has 12 heteroatoms. The van der Waals surface area contributed by atoms with Crippen molar-refractivity contribution >= 4 is 53.3 Å². The fourth-order valence-corrected chi connectivity index (χ4v) is 8.77. The lowest BCUT2D eigenvalue weighted by atomic mass is 9.99. The number of carbonyl (C=O) groups excluding carboxylic acids is 1. The molecule has 3 rings (SSSR count). The van der Waals surface area contributed by atoms with Crippen LogP contribution in [0.2, 0.25) is 0 Å². The Morgan fingerprint density at radius 2 is 1.51 bits per heavy atom. The zero-order chi connectivity index (χ0) is 31.5. The van der Waals surface area contributed by atoms with Gasteiger partial charge in [0.15, 0.2) is 19.7 Å². The van der Waals surface area contributed by atoms with Crippen molar-refractivity contribution in [1.82, 2.24) is 4.98 Å². The number of pyridine rings is 1. The Balaban J connectivity index is 1.89. The van der Waals surface area contributed by atoms with Crippen molar-refractivity contribution in [3.8, 4) is 28.5 Å². The third-order valence-corrected chi connectivity index (χ3v) is 11.5. The van der Waals surface area contributed by atoms with Gasteiger partial charge in [0.05, 0.1) is 40.0 Å². The van der Waals surface area contributed by atoms with Crippen molar-refractivity contribution in [3.05, 3.63) is 70.7 Å². The molecular weight excluding hydrogens is 672 g/mol. The summed E-state index contributed by atoms with van der Waals surface area (Å²) in [6, 6.07) is 20.9. The van der Waals surface area contributed by atoms with Crippen molar-refractivity contribution in [1.29, 1.82) is 5.26 Å². The summed E-state index contributed by atoms with van der Waals surface area (Å²) >= 11 is 4.42. The van der Waals surface area contributed by atoms with E-state index in [4.69, 9.17) is 9.72 Å². The van der Waals surface area contributed by atoms with Gasteiger partial charge < -0.3 is 4.74 Å². The molecule has 0 aliphatic heterocycles. The Morgan fingerprint density at radius 3 is 2.05 bits per heavy atom. The summed E-state index contributed by atoms with van der Waals surface area (Å²) in [7, 11) is -7.28. The Labute approximate surface area is 267 Å². The van der Waals surface area contributed by atoms with Crippen molar-refractivity contribution in [2.75, 3.05) is 28.8 Å². The first-order valence-corrected chi connectivity index (χ1v) is 19.4. The molecular formula is C31H35BrN2O6S3. The molecule has 0 N–H and O–H groups in total. The van der Waals surface area contributed by atoms with Gasteiger partial charge in [0.2, 0.25) is 0 Å². The van der Waals surface area contributed by atoms with E-state index in [-0.39, 0.29) is 22.8 Å². The van der Waals surface area contributed by atoms with Crippen LogP contribution in [0.1, 0.15) is 45.1 Å². The van der Waals surface area contributed by atoms with Crippen LogP contribution >= 0.6 is 27.7 Å². The number of benzene rings is 2. The zero-order valence-corrected chi connectivity index (χ0v) is 28.2. The molecule has 0 aliphatic rings. The predicted octanol–water partition coefficient (Wildman–Crippen LogP) is 6.48. The van der Waals surface area contributed by atoms with Crippen LogP contribution in [0.4, 0.5) is 0 Å². The maximum atomic E-state index is 13.0. The van der Waals surface area contributed by atoms with E-state index < -0.39 is 43.3 Å². The summed E-state index contributed by atoms with van der Waals surface area (Å²) in [5.41, 5.74) is 3.14. The molecule has 0 spiro atoms. The molecule has 43 heavy (non-hydrogen) atoms. The quantitative estimate of drug-likeness (QED) is 0.121. The highest BCUT2D eigenvalue weighted by molar-refractivity contribution is 9.10. The number of sulfone groups is 2. The van der Waals surface area contributed by atoms with Crippen LogP contribution < -0.4 is 0 Å². The van der Waals surface area contributed by atoms with Crippen LogP contribution in [0.15, 0.2) is 70.2 Å². The minimum absolute atomic E-state index is 0.109. The number of thioether (sulfide) groups is 1. The first-order chi connectivity index (χ1) is 20.5. The van der Waals surface area contributed by atoms with Gasteiger partial charge in [-0.1, -0.05) is 96.8 Å². The molecule has 0 atom stereocenters. The Bertz CT molecular complexity index is 1600. The second-order valence-electron chi connectivity index (χ2n) is 10.1. The normalized spacial score (nSPS) is 11.8. The standard InChI is InChI=1S/C31H35BrN2O6S3/c1-3-5-16-42(36,37)21-26(22-43(38,39)17-6-4-2)40-30(35)20-41-31-28(19-33)27(23-10-8-7-9-11-23)18-29(34-31)24-12-14-25(32)15-13-24/h7-15,18,26H,3-6,16-17,20-22H2,1-2H3. The van der Waals surface area contributed by atoms with E-state index in [9.17, 15) is 26.9 Å². The summed E-state index contributed by atoms with van der Waals surface area (Å²) in [5, 5.41) is 10.4. The monoisotopic (exact) mass is 706 g/mol. The molecule has 0 aliphatic carbocycles. The number of carbonyl (C=O) groups is 1. The van der Waals surface area contributed by atoms with E-state index in [0.29, 0.717) is 42.0 Å². The molecule has 0 unspecified atom stereocenters. The number of rotatable bonds is 16. The van der Waals surface area contributed by atoms with Gasteiger partial charge in [0.1, 0.15) is 17.2 Å². The third-order valence-electron chi connectivity index (χ3n) is 6.45. The van der Waals surface area contributed by atoms with Crippen LogP contribution in [-0.4, -0.2) is 62.7 Å². The third kappa shape index (κ3) is 11.1. The molecule has 0 saturated heterocycles. The minimum atomic E-state index is -3.64. The summed E-state index contributed by atoms with van der Waals surface area (Å²) in [5.74, 6) is -2.42. The number of hydrogen-bond donors (Lipinski definition) is 0. The molecule has 0 radical (unpaired) electrons. The molecule has 1 aromatic heterocycles. The maximum Gasteiger partial charge on any atom is 0.316 e. The molecule has 8 nitrogen and oxygen atoms in total. The van der Waals surface area contributed by atoms with Crippen LogP contribution in [-0.2, 0) is 29.2 Å². The number of nitriles is 1. The molecule has 0 saturated carbocycles. The molecule has 0 bridgehead atoms. The van der Waals surface area contributed by atoms with E-state index in [2.05, 4.69) is 22.0 Å². The highest BCUT2D eigenvalue weighted by atomic mass is 79.9. The van der Waals surface area contributed by atoms with Gasteiger partial charge in [-0.05, 0) is 36.6 Å². The van der Waals surface area contributed by atoms with Crippen molar-refractivity contribution < 1.29 is 26.4 Å². The SMILES string of the molecule is CCCCS(=O)(=O)CC(CS(=O)(=O)CCCC)OC(=O)CSc1nc(-c2ccc(Br)cc2)cc(-c2ccccc2)c1C#N. The molecule has 230 valence electrons. The number of aromatic nitrogens is 1. The number of hydrogen-bond acceptors (Lipinski definition) is 9. The van der Waals surface area contributed by atoms with Crippen LogP contribution in [0.3, 0.4) is 0 Å². The lowest BCUT2D eigenvalue weighted by Gasteiger charge is -2.18. The highest BCUT2D eigenvalue weighted by Gasteiger charge is 2.28. The van der Waals surface area contributed by atoms with Crippen LogP contribution in [0.5, 0.6) is 0 Å². The largest absolute Gasteiger partial charge is 0.460 e.